The predicted octanol–water partition coefficient (Wildman–Crippen LogP) is 15.0. The lowest BCUT2D eigenvalue weighted by Crippen LogP contribution is -2.17. The summed E-state index contributed by atoms with van der Waals surface area (Å²) in [5.41, 5.74) is 16.9. The smallest absolute Gasteiger partial charge is 0.0618 e. The molecule has 0 atom stereocenters. The number of nitrogens with zero attached hydrogens (tertiary/aromatic N) is 2. The van der Waals surface area contributed by atoms with Crippen molar-refractivity contribution in [3.63, 3.8) is 0 Å². The highest BCUT2D eigenvalue weighted by Gasteiger charge is 2.36. The molecule has 9 aromatic carbocycles. The monoisotopic (exact) mass is 728 g/mol. The number of hydrogen-bond donors (Lipinski definition) is 0. The summed E-state index contributed by atoms with van der Waals surface area (Å²) in [5.74, 6) is 0. The maximum Gasteiger partial charge on any atom is 0.0618 e. The quantitative estimate of drug-likeness (QED) is 0.165. The summed E-state index contributed by atoms with van der Waals surface area (Å²) in [5, 5.41) is 4.87. The Bertz CT molecular complexity index is 3150. The van der Waals surface area contributed by atoms with Crippen LogP contribution in [-0.4, -0.2) is 4.57 Å². The van der Waals surface area contributed by atoms with Crippen molar-refractivity contribution in [1.82, 2.24) is 4.57 Å². The van der Waals surface area contributed by atoms with E-state index >= 15 is 0 Å². The zero-order valence-electron chi connectivity index (χ0n) is 32.0. The van der Waals surface area contributed by atoms with Crippen molar-refractivity contribution in [2.45, 2.75) is 19.3 Å². The van der Waals surface area contributed by atoms with Crippen LogP contribution >= 0.6 is 0 Å². The molecule has 270 valence electrons. The fourth-order valence-corrected chi connectivity index (χ4v) is 9.47. The van der Waals surface area contributed by atoms with Gasteiger partial charge in [-0.3, -0.25) is 0 Å². The Hall–Kier alpha value is -7.16. The predicted molar refractivity (Wildman–Crippen MR) is 241 cm³/mol. The molecule has 0 spiro atoms. The second-order valence-corrected chi connectivity index (χ2v) is 15.7. The molecular formula is C55H40N2. The molecule has 0 unspecified atom stereocenters. The normalized spacial score (nSPS) is 12.9. The molecule has 0 bridgehead atoms. The minimum Gasteiger partial charge on any atom is -0.309 e. The highest BCUT2D eigenvalue weighted by molar-refractivity contribution is 6.12. The first-order valence-electron chi connectivity index (χ1n) is 19.9. The van der Waals surface area contributed by atoms with E-state index in [2.05, 4.69) is 230 Å². The fourth-order valence-electron chi connectivity index (χ4n) is 9.47. The lowest BCUT2D eigenvalue weighted by Gasteiger charge is -2.31. The van der Waals surface area contributed by atoms with E-state index in [9.17, 15) is 0 Å². The molecule has 2 nitrogen and oxygen atoms in total. The lowest BCUT2D eigenvalue weighted by molar-refractivity contribution is 0.660. The molecule has 1 aromatic heterocycles. The Morgan fingerprint density at radius 2 is 0.947 bits per heavy atom. The number of rotatable bonds is 6. The Balaban J connectivity index is 1.23. The zero-order chi connectivity index (χ0) is 38.1. The SMILES string of the molecule is CC1(C)c2ccccc2-c2ccc(N(c3ccc4c5ccccc5n(-c5ccccc5-c5ccccc5)c4c3)c3c(-c4ccccc4)ccc4ccccc34)cc21. The van der Waals surface area contributed by atoms with E-state index in [0.717, 1.165) is 22.6 Å². The highest BCUT2D eigenvalue weighted by Crippen LogP contribution is 2.52. The highest BCUT2D eigenvalue weighted by atomic mass is 15.1. The molecule has 1 aliphatic rings. The van der Waals surface area contributed by atoms with Gasteiger partial charge < -0.3 is 9.47 Å². The average molecular weight is 729 g/mol. The van der Waals surface area contributed by atoms with E-state index in [1.165, 1.54) is 77.3 Å². The van der Waals surface area contributed by atoms with Crippen molar-refractivity contribution in [3.05, 3.63) is 217 Å². The van der Waals surface area contributed by atoms with Gasteiger partial charge in [-0.05, 0) is 75.2 Å². The number of hydrogen-bond acceptors (Lipinski definition) is 1. The summed E-state index contributed by atoms with van der Waals surface area (Å²) in [4.78, 5) is 2.52. The third-order valence-electron chi connectivity index (χ3n) is 12.2. The summed E-state index contributed by atoms with van der Waals surface area (Å²) < 4.78 is 2.47. The Morgan fingerprint density at radius 1 is 0.386 bits per heavy atom. The van der Waals surface area contributed by atoms with E-state index in [4.69, 9.17) is 0 Å². The maximum atomic E-state index is 2.52. The van der Waals surface area contributed by atoms with Crippen molar-refractivity contribution >= 4 is 49.6 Å². The van der Waals surface area contributed by atoms with Crippen LogP contribution in [0, 0.1) is 0 Å². The van der Waals surface area contributed by atoms with Crippen LogP contribution in [0.25, 0.3) is 71.6 Å². The fraction of sp³-hybridized carbons (Fsp3) is 0.0545. The second-order valence-electron chi connectivity index (χ2n) is 15.7. The number of fused-ring (bicyclic) bond motifs is 7. The van der Waals surface area contributed by atoms with Crippen molar-refractivity contribution < 1.29 is 0 Å². The molecule has 2 heteroatoms. The summed E-state index contributed by atoms with van der Waals surface area (Å²) in [7, 11) is 0. The Labute approximate surface area is 333 Å². The number of benzene rings is 9. The van der Waals surface area contributed by atoms with Gasteiger partial charge in [-0.25, -0.2) is 0 Å². The second kappa shape index (κ2) is 13.0. The van der Waals surface area contributed by atoms with E-state index in [1.807, 2.05) is 0 Å². The molecule has 1 heterocycles. The molecule has 0 radical (unpaired) electrons. The summed E-state index contributed by atoms with van der Waals surface area (Å²) >= 11 is 0. The minimum absolute atomic E-state index is 0.147. The molecule has 0 saturated heterocycles. The van der Waals surface area contributed by atoms with Crippen LogP contribution in [-0.2, 0) is 5.41 Å². The molecular weight excluding hydrogens is 689 g/mol. The average Bonchev–Trinajstić information content (AvgIpc) is 3.72. The molecule has 0 N–H and O–H groups in total. The van der Waals surface area contributed by atoms with E-state index in [0.29, 0.717) is 0 Å². The zero-order valence-corrected chi connectivity index (χ0v) is 32.0. The van der Waals surface area contributed by atoms with E-state index in [1.54, 1.807) is 0 Å². The van der Waals surface area contributed by atoms with Crippen molar-refractivity contribution in [2.24, 2.45) is 0 Å². The lowest BCUT2D eigenvalue weighted by atomic mass is 9.82. The van der Waals surface area contributed by atoms with Gasteiger partial charge in [-0.15, -0.1) is 0 Å². The van der Waals surface area contributed by atoms with Crippen LogP contribution in [0.5, 0.6) is 0 Å². The first kappa shape index (κ1) is 33.2. The molecule has 0 amide bonds. The van der Waals surface area contributed by atoms with Crippen molar-refractivity contribution in [1.29, 1.82) is 0 Å². The molecule has 57 heavy (non-hydrogen) atoms. The van der Waals surface area contributed by atoms with Gasteiger partial charge in [0.05, 0.1) is 22.4 Å². The van der Waals surface area contributed by atoms with Gasteiger partial charge in [0.25, 0.3) is 0 Å². The minimum atomic E-state index is -0.147. The van der Waals surface area contributed by atoms with Gasteiger partial charge in [0, 0.05) is 44.1 Å². The largest absolute Gasteiger partial charge is 0.309 e. The van der Waals surface area contributed by atoms with Gasteiger partial charge in [0.1, 0.15) is 0 Å². The van der Waals surface area contributed by atoms with Crippen LogP contribution in [0.4, 0.5) is 17.1 Å². The Kier molecular flexibility index (Phi) is 7.55. The molecule has 0 fully saturated rings. The van der Waals surface area contributed by atoms with Gasteiger partial charge >= 0.3 is 0 Å². The van der Waals surface area contributed by atoms with E-state index < -0.39 is 0 Å². The topological polar surface area (TPSA) is 8.17 Å². The van der Waals surface area contributed by atoms with Gasteiger partial charge in [-0.2, -0.15) is 0 Å². The number of aromatic nitrogens is 1. The molecule has 10 aromatic rings. The van der Waals surface area contributed by atoms with Crippen molar-refractivity contribution in [3.8, 4) is 39.1 Å². The summed E-state index contributed by atoms with van der Waals surface area (Å²) in [6, 6.07) is 75.7. The number of anilines is 3. The van der Waals surface area contributed by atoms with Crippen LogP contribution in [0.3, 0.4) is 0 Å². The van der Waals surface area contributed by atoms with Gasteiger partial charge in [0.2, 0.25) is 0 Å². The van der Waals surface area contributed by atoms with Gasteiger partial charge in [-0.1, -0.05) is 184 Å². The third kappa shape index (κ3) is 5.18. The van der Waals surface area contributed by atoms with Gasteiger partial charge in [0.15, 0.2) is 0 Å². The third-order valence-corrected chi connectivity index (χ3v) is 12.2. The summed E-state index contributed by atoms with van der Waals surface area (Å²) in [6.07, 6.45) is 0. The Morgan fingerprint density at radius 3 is 1.75 bits per heavy atom. The first-order valence-corrected chi connectivity index (χ1v) is 19.9. The standard InChI is InChI=1S/C55H40N2/c1-55(2)49-26-14-11-24-45(49)46-33-30-40(35-50(46)55)56(54-43-23-10-9-21-39(43)29-32-44(54)38-19-7-4-8-20-38)41-31-34-48-47-25-13-16-28-52(47)57(53(48)36-41)51-27-15-12-22-42(51)37-17-5-3-6-18-37/h3-36H,1-2H3. The summed E-state index contributed by atoms with van der Waals surface area (Å²) in [6.45, 7) is 4.74. The van der Waals surface area contributed by atoms with Crippen molar-refractivity contribution in [2.75, 3.05) is 4.90 Å². The first-order chi connectivity index (χ1) is 28.1. The van der Waals surface area contributed by atoms with E-state index in [-0.39, 0.29) is 5.41 Å². The maximum absolute atomic E-state index is 2.52. The number of para-hydroxylation sites is 2. The molecule has 11 rings (SSSR count). The molecule has 0 aliphatic heterocycles. The molecule has 1 aliphatic carbocycles. The van der Waals surface area contributed by atoms with Crippen LogP contribution in [0.15, 0.2) is 206 Å². The van der Waals surface area contributed by atoms with Crippen LogP contribution < -0.4 is 4.90 Å². The van der Waals surface area contributed by atoms with Crippen LogP contribution in [0.2, 0.25) is 0 Å². The van der Waals surface area contributed by atoms with Crippen LogP contribution in [0.1, 0.15) is 25.0 Å². The molecule has 0 saturated carbocycles.